The SMILES string of the molecule is CCCCC(=O)c1ccc(OC)c(OC2CCCC2)c1. The van der Waals surface area contributed by atoms with Crippen LogP contribution < -0.4 is 9.47 Å². The van der Waals surface area contributed by atoms with E-state index in [-0.39, 0.29) is 11.9 Å². The van der Waals surface area contributed by atoms with Gasteiger partial charge in [-0.25, -0.2) is 0 Å². The van der Waals surface area contributed by atoms with Gasteiger partial charge in [-0.1, -0.05) is 13.3 Å². The van der Waals surface area contributed by atoms with E-state index in [1.807, 2.05) is 18.2 Å². The summed E-state index contributed by atoms with van der Waals surface area (Å²) in [5, 5.41) is 0. The van der Waals surface area contributed by atoms with Crippen LogP contribution in [0.15, 0.2) is 18.2 Å². The van der Waals surface area contributed by atoms with Gasteiger partial charge in [0.2, 0.25) is 0 Å². The lowest BCUT2D eigenvalue weighted by molar-refractivity contribution is 0.0978. The number of methoxy groups -OCH3 is 1. The summed E-state index contributed by atoms with van der Waals surface area (Å²) in [5.41, 5.74) is 0.729. The van der Waals surface area contributed by atoms with Crippen molar-refractivity contribution in [2.45, 2.75) is 58.0 Å². The number of ether oxygens (including phenoxy) is 2. The number of rotatable bonds is 7. The third kappa shape index (κ3) is 3.75. The van der Waals surface area contributed by atoms with Crippen molar-refractivity contribution >= 4 is 5.78 Å². The van der Waals surface area contributed by atoms with Crippen LogP contribution in [0.3, 0.4) is 0 Å². The molecule has 3 heteroatoms. The standard InChI is InChI=1S/C17H24O3/c1-3-4-9-15(18)13-10-11-16(19-2)17(12-13)20-14-7-5-6-8-14/h10-12,14H,3-9H2,1-2H3. The summed E-state index contributed by atoms with van der Waals surface area (Å²) in [7, 11) is 1.63. The fraction of sp³-hybridized carbons (Fsp3) is 0.588. The molecule has 1 aromatic carbocycles. The molecule has 0 aromatic heterocycles. The maximum atomic E-state index is 12.1. The van der Waals surface area contributed by atoms with E-state index in [1.54, 1.807) is 7.11 Å². The molecule has 0 radical (unpaired) electrons. The van der Waals surface area contributed by atoms with Gasteiger partial charge in [0.15, 0.2) is 17.3 Å². The quantitative estimate of drug-likeness (QED) is 0.693. The predicted molar refractivity (Wildman–Crippen MR) is 79.7 cm³/mol. The smallest absolute Gasteiger partial charge is 0.163 e. The molecule has 110 valence electrons. The van der Waals surface area contributed by atoms with Gasteiger partial charge in [0.05, 0.1) is 13.2 Å². The van der Waals surface area contributed by atoms with Crippen molar-refractivity contribution in [2.24, 2.45) is 0 Å². The van der Waals surface area contributed by atoms with Gasteiger partial charge in [-0.05, 0) is 50.3 Å². The molecule has 0 spiro atoms. The molecule has 0 saturated heterocycles. The second-order valence-electron chi connectivity index (χ2n) is 5.42. The average molecular weight is 276 g/mol. The number of ketones is 1. The Bertz CT molecular complexity index is 448. The number of hydrogen-bond acceptors (Lipinski definition) is 3. The Hall–Kier alpha value is -1.51. The molecule has 1 saturated carbocycles. The zero-order chi connectivity index (χ0) is 14.4. The Morgan fingerprint density at radius 3 is 2.65 bits per heavy atom. The summed E-state index contributed by atoms with van der Waals surface area (Å²) in [5.74, 6) is 1.61. The molecule has 0 atom stereocenters. The highest BCUT2D eigenvalue weighted by molar-refractivity contribution is 5.96. The van der Waals surface area contributed by atoms with Crippen molar-refractivity contribution in [3.63, 3.8) is 0 Å². The lowest BCUT2D eigenvalue weighted by atomic mass is 10.1. The normalized spacial score (nSPS) is 15.3. The summed E-state index contributed by atoms with van der Waals surface area (Å²) >= 11 is 0. The predicted octanol–water partition coefficient (Wildman–Crippen LogP) is 4.39. The summed E-state index contributed by atoms with van der Waals surface area (Å²) in [6, 6.07) is 5.51. The molecule has 1 aliphatic rings. The lowest BCUT2D eigenvalue weighted by Crippen LogP contribution is -2.12. The first kappa shape index (κ1) is 14.9. The minimum atomic E-state index is 0.186. The fourth-order valence-corrected chi connectivity index (χ4v) is 2.61. The van der Waals surface area contributed by atoms with Gasteiger partial charge in [-0.2, -0.15) is 0 Å². The van der Waals surface area contributed by atoms with Crippen LogP contribution in [0.2, 0.25) is 0 Å². The maximum Gasteiger partial charge on any atom is 0.163 e. The maximum absolute atomic E-state index is 12.1. The van der Waals surface area contributed by atoms with Crippen LogP contribution in [0.1, 0.15) is 62.2 Å². The lowest BCUT2D eigenvalue weighted by Gasteiger charge is -2.16. The molecule has 0 N–H and O–H groups in total. The molecule has 20 heavy (non-hydrogen) atoms. The van der Waals surface area contributed by atoms with E-state index in [0.717, 1.165) is 31.2 Å². The highest BCUT2D eigenvalue weighted by Crippen LogP contribution is 2.32. The van der Waals surface area contributed by atoms with Gasteiger partial charge in [0.25, 0.3) is 0 Å². The molecular weight excluding hydrogens is 252 g/mol. The van der Waals surface area contributed by atoms with Gasteiger partial charge < -0.3 is 9.47 Å². The summed E-state index contributed by atoms with van der Waals surface area (Å²) in [6.45, 7) is 2.09. The number of hydrogen-bond donors (Lipinski definition) is 0. The molecule has 1 fully saturated rings. The second kappa shape index (κ2) is 7.32. The first-order valence-electron chi connectivity index (χ1n) is 7.62. The Kier molecular flexibility index (Phi) is 5.45. The molecule has 3 nitrogen and oxygen atoms in total. The van der Waals surface area contributed by atoms with Crippen LogP contribution in [-0.4, -0.2) is 19.0 Å². The molecule has 1 aromatic rings. The molecule has 0 amide bonds. The van der Waals surface area contributed by atoms with E-state index >= 15 is 0 Å². The second-order valence-corrected chi connectivity index (χ2v) is 5.42. The summed E-state index contributed by atoms with van der Waals surface area (Å²) < 4.78 is 11.4. The van der Waals surface area contributed by atoms with E-state index in [2.05, 4.69) is 6.92 Å². The molecule has 0 aliphatic heterocycles. The third-order valence-corrected chi connectivity index (χ3v) is 3.84. The molecule has 0 unspecified atom stereocenters. The molecule has 0 bridgehead atoms. The highest BCUT2D eigenvalue weighted by atomic mass is 16.5. The zero-order valence-electron chi connectivity index (χ0n) is 12.5. The van der Waals surface area contributed by atoms with E-state index in [1.165, 1.54) is 12.8 Å². The van der Waals surface area contributed by atoms with Gasteiger partial charge in [-0.15, -0.1) is 0 Å². The van der Waals surface area contributed by atoms with Gasteiger partial charge >= 0.3 is 0 Å². The van der Waals surface area contributed by atoms with E-state index in [4.69, 9.17) is 9.47 Å². The highest BCUT2D eigenvalue weighted by Gasteiger charge is 2.19. The van der Waals surface area contributed by atoms with Crippen molar-refractivity contribution in [3.8, 4) is 11.5 Å². The van der Waals surface area contributed by atoms with Crippen LogP contribution >= 0.6 is 0 Å². The summed E-state index contributed by atoms with van der Waals surface area (Å²) in [4.78, 5) is 12.1. The Morgan fingerprint density at radius 1 is 1.25 bits per heavy atom. The monoisotopic (exact) mass is 276 g/mol. The van der Waals surface area contributed by atoms with Crippen molar-refractivity contribution < 1.29 is 14.3 Å². The van der Waals surface area contributed by atoms with Crippen molar-refractivity contribution in [1.29, 1.82) is 0 Å². The van der Waals surface area contributed by atoms with E-state index in [0.29, 0.717) is 17.9 Å². The number of carbonyl (C=O) groups is 1. The van der Waals surface area contributed by atoms with Gasteiger partial charge in [-0.3, -0.25) is 4.79 Å². The molecule has 2 rings (SSSR count). The van der Waals surface area contributed by atoms with Gasteiger partial charge in [0, 0.05) is 12.0 Å². The van der Waals surface area contributed by atoms with Crippen LogP contribution in [-0.2, 0) is 0 Å². The Morgan fingerprint density at radius 2 is 2.00 bits per heavy atom. The zero-order valence-corrected chi connectivity index (χ0v) is 12.5. The molecule has 1 aliphatic carbocycles. The largest absolute Gasteiger partial charge is 0.493 e. The number of unbranched alkanes of at least 4 members (excludes halogenated alkanes) is 1. The van der Waals surface area contributed by atoms with E-state index in [9.17, 15) is 4.79 Å². The van der Waals surface area contributed by atoms with Crippen LogP contribution in [0.25, 0.3) is 0 Å². The van der Waals surface area contributed by atoms with Gasteiger partial charge in [0.1, 0.15) is 0 Å². The topological polar surface area (TPSA) is 35.5 Å². The van der Waals surface area contributed by atoms with Crippen LogP contribution in [0.4, 0.5) is 0 Å². The molecular formula is C17H24O3. The van der Waals surface area contributed by atoms with Crippen molar-refractivity contribution in [3.05, 3.63) is 23.8 Å². The first-order valence-corrected chi connectivity index (χ1v) is 7.62. The first-order chi connectivity index (χ1) is 9.74. The van der Waals surface area contributed by atoms with E-state index < -0.39 is 0 Å². The Balaban J connectivity index is 2.12. The average Bonchev–Trinajstić information content (AvgIpc) is 2.97. The third-order valence-electron chi connectivity index (χ3n) is 3.84. The minimum Gasteiger partial charge on any atom is -0.493 e. The molecule has 0 heterocycles. The fourth-order valence-electron chi connectivity index (χ4n) is 2.61. The Labute approximate surface area is 121 Å². The van der Waals surface area contributed by atoms with Crippen LogP contribution in [0, 0.1) is 0 Å². The summed E-state index contributed by atoms with van der Waals surface area (Å²) in [6.07, 6.45) is 7.48. The number of carbonyl (C=O) groups excluding carboxylic acids is 1. The number of Topliss-reactive ketones (excluding diaryl/α,β-unsaturated/α-hetero) is 1. The number of benzene rings is 1. The minimum absolute atomic E-state index is 0.186. The van der Waals surface area contributed by atoms with Crippen molar-refractivity contribution in [2.75, 3.05) is 7.11 Å². The van der Waals surface area contributed by atoms with Crippen molar-refractivity contribution in [1.82, 2.24) is 0 Å². The van der Waals surface area contributed by atoms with Crippen LogP contribution in [0.5, 0.6) is 11.5 Å².